The maximum absolute atomic E-state index is 10.2. The Morgan fingerprint density at radius 3 is 2.69 bits per heavy atom. The van der Waals surface area contributed by atoms with Crippen LogP contribution >= 0.6 is 35.6 Å². The van der Waals surface area contributed by atoms with Gasteiger partial charge in [0.25, 0.3) is 0 Å². The van der Waals surface area contributed by atoms with E-state index in [0.29, 0.717) is 23.1 Å². The van der Waals surface area contributed by atoms with Crippen LogP contribution in [0.3, 0.4) is 0 Å². The monoisotopic (exact) mass is 283 g/mol. The highest BCUT2D eigenvalue weighted by molar-refractivity contribution is 6.42. The van der Waals surface area contributed by atoms with E-state index in [1.165, 1.54) is 0 Å². The number of hydrogen-bond acceptors (Lipinski definition) is 2. The number of carboxylic acids is 1. The highest BCUT2D eigenvalue weighted by Crippen LogP contribution is 2.25. The Morgan fingerprint density at radius 2 is 2.06 bits per heavy atom. The van der Waals surface area contributed by atoms with Crippen LogP contribution in [-0.2, 0) is 11.3 Å². The second-order valence-electron chi connectivity index (χ2n) is 3.03. The molecule has 1 aromatic rings. The molecule has 0 aliphatic rings. The third-order valence-corrected chi connectivity index (χ3v) is 2.72. The van der Waals surface area contributed by atoms with Crippen LogP contribution in [0.25, 0.3) is 0 Å². The topological polar surface area (TPSA) is 49.3 Å². The van der Waals surface area contributed by atoms with Crippen LogP contribution < -0.4 is 5.32 Å². The normalized spacial score (nSPS) is 9.62. The average molecular weight is 285 g/mol. The van der Waals surface area contributed by atoms with Gasteiger partial charge < -0.3 is 10.4 Å². The maximum atomic E-state index is 10.2. The van der Waals surface area contributed by atoms with Gasteiger partial charge in [-0.05, 0) is 11.6 Å². The molecular formula is C10H12Cl3NO2. The lowest BCUT2D eigenvalue weighted by molar-refractivity contribution is -0.136. The molecule has 0 aliphatic heterocycles. The van der Waals surface area contributed by atoms with Crippen molar-refractivity contribution in [3.05, 3.63) is 33.8 Å². The zero-order valence-electron chi connectivity index (χ0n) is 8.37. The summed E-state index contributed by atoms with van der Waals surface area (Å²) in [6.07, 6.45) is 0.0954. The number of carbonyl (C=O) groups is 1. The predicted molar refractivity (Wildman–Crippen MR) is 67.7 cm³/mol. The number of nitrogens with one attached hydrogen (secondary N) is 1. The molecule has 0 amide bonds. The Bertz CT molecular complexity index is 358. The van der Waals surface area contributed by atoms with Gasteiger partial charge in [0.1, 0.15) is 0 Å². The summed E-state index contributed by atoms with van der Waals surface area (Å²) in [5, 5.41) is 12.4. The molecule has 0 unspecified atom stereocenters. The van der Waals surface area contributed by atoms with Crippen LogP contribution in [0.5, 0.6) is 0 Å². The molecule has 0 fully saturated rings. The van der Waals surface area contributed by atoms with Gasteiger partial charge in [-0.25, -0.2) is 0 Å². The van der Waals surface area contributed by atoms with Crippen molar-refractivity contribution in [2.24, 2.45) is 0 Å². The molecule has 3 nitrogen and oxygen atoms in total. The molecule has 0 atom stereocenters. The lowest BCUT2D eigenvalue weighted by atomic mass is 10.2. The average Bonchev–Trinajstić information content (AvgIpc) is 2.18. The fourth-order valence-electron chi connectivity index (χ4n) is 1.10. The number of hydrogen-bond donors (Lipinski definition) is 2. The molecule has 0 saturated carbocycles. The number of rotatable bonds is 5. The molecule has 0 heterocycles. The van der Waals surface area contributed by atoms with Crippen molar-refractivity contribution < 1.29 is 9.90 Å². The summed E-state index contributed by atoms with van der Waals surface area (Å²) in [6, 6.07) is 5.37. The standard InChI is InChI=1S/C10H11Cl2NO2.ClH/c11-8-3-1-2-7(10(8)12)6-13-5-4-9(14)15;/h1-3,13H,4-6H2,(H,14,15);1H. The smallest absolute Gasteiger partial charge is 0.304 e. The van der Waals surface area contributed by atoms with Crippen molar-refractivity contribution in [2.45, 2.75) is 13.0 Å². The fourth-order valence-corrected chi connectivity index (χ4v) is 1.49. The Labute approximate surface area is 110 Å². The SMILES string of the molecule is Cl.O=C(O)CCNCc1cccc(Cl)c1Cl. The highest BCUT2D eigenvalue weighted by atomic mass is 35.5. The molecule has 16 heavy (non-hydrogen) atoms. The first kappa shape index (κ1) is 15.5. The Balaban J connectivity index is 0.00000225. The number of aliphatic carboxylic acids is 1. The second kappa shape index (κ2) is 7.74. The first-order valence-electron chi connectivity index (χ1n) is 4.46. The van der Waals surface area contributed by atoms with Gasteiger partial charge in [-0.15, -0.1) is 12.4 Å². The van der Waals surface area contributed by atoms with Crippen LogP contribution in [0, 0.1) is 0 Å². The number of carboxylic acid groups (broad SMARTS) is 1. The molecule has 0 saturated heterocycles. The summed E-state index contributed by atoms with van der Waals surface area (Å²) in [4.78, 5) is 10.2. The minimum Gasteiger partial charge on any atom is -0.481 e. The molecule has 0 spiro atoms. The zero-order valence-corrected chi connectivity index (χ0v) is 10.7. The molecule has 0 aliphatic carbocycles. The second-order valence-corrected chi connectivity index (χ2v) is 3.82. The predicted octanol–water partition coefficient (Wildman–Crippen LogP) is 2.98. The van der Waals surface area contributed by atoms with E-state index in [1.807, 2.05) is 12.1 Å². The van der Waals surface area contributed by atoms with E-state index >= 15 is 0 Å². The third-order valence-electron chi connectivity index (χ3n) is 1.86. The van der Waals surface area contributed by atoms with Gasteiger partial charge in [0.15, 0.2) is 0 Å². The van der Waals surface area contributed by atoms with Crippen molar-refractivity contribution in [3.8, 4) is 0 Å². The maximum Gasteiger partial charge on any atom is 0.304 e. The number of benzene rings is 1. The minimum absolute atomic E-state index is 0. The first-order chi connectivity index (χ1) is 7.11. The van der Waals surface area contributed by atoms with Crippen LogP contribution in [-0.4, -0.2) is 17.6 Å². The number of halogens is 3. The summed E-state index contributed by atoms with van der Waals surface area (Å²) in [6.45, 7) is 0.935. The van der Waals surface area contributed by atoms with E-state index in [4.69, 9.17) is 28.3 Å². The molecule has 1 rings (SSSR count). The van der Waals surface area contributed by atoms with E-state index in [0.717, 1.165) is 5.56 Å². The largest absolute Gasteiger partial charge is 0.481 e. The van der Waals surface area contributed by atoms with Gasteiger partial charge in [0.05, 0.1) is 16.5 Å². The third kappa shape index (κ3) is 5.03. The Hall–Kier alpha value is -0.480. The Morgan fingerprint density at radius 1 is 1.38 bits per heavy atom. The first-order valence-corrected chi connectivity index (χ1v) is 5.22. The molecule has 90 valence electrons. The fraction of sp³-hybridized carbons (Fsp3) is 0.300. The van der Waals surface area contributed by atoms with E-state index in [1.54, 1.807) is 6.07 Å². The summed E-state index contributed by atoms with van der Waals surface area (Å²) < 4.78 is 0. The summed E-state index contributed by atoms with van der Waals surface area (Å²) >= 11 is 11.8. The minimum atomic E-state index is -0.820. The lowest BCUT2D eigenvalue weighted by Gasteiger charge is -2.06. The molecular weight excluding hydrogens is 272 g/mol. The van der Waals surface area contributed by atoms with Crippen LogP contribution in [0.2, 0.25) is 10.0 Å². The van der Waals surface area contributed by atoms with E-state index in [2.05, 4.69) is 5.32 Å². The lowest BCUT2D eigenvalue weighted by Crippen LogP contribution is -2.17. The summed E-state index contributed by atoms with van der Waals surface area (Å²) in [7, 11) is 0. The quantitative estimate of drug-likeness (QED) is 0.817. The van der Waals surface area contributed by atoms with Gasteiger partial charge in [-0.3, -0.25) is 4.79 Å². The van der Waals surface area contributed by atoms with Crippen molar-refractivity contribution >= 4 is 41.6 Å². The molecule has 1 aromatic carbocycles. The van der Waals surface area contributed by atoms with Gasteiger partial charge in [0, 0.05) is 13.1 Å². The molecule has 0 aromatic heterocycles. The Kier molecular flexibility index (Phi) is 7.51. The van der Waals surface area contributed by atoms with Gasteiger partial charge in [0.2, 0.25) is 0 Å². The van der Waals surface area contributed by atoms with E-state index in [9.17, 15) is 4.79 Å². The molecule has 2 N–H and O–H groups in total. The van der Waals surface area contributed by atoms with Gasteiger partial charge >= 0.3 is 5.97 Å². The van der Waals surface area contributed by atoms with E-state index in [-0.39, 0.29) is 18.8 Å². The van der Waals surface area contributed by atoms with E-state index < -0.39 is 5.97 Å². The van der Waals surface area contributed by atoms with Gasteiger partial charge in [-0.1, -0.05) is 35.3 Å². The van der Waals surface area contributed by atoms with Crippen molar-refractivity contribution in [1.29, 1.82) is 0 Å². The highest BCUT2D eigenvalue weighted by Gasteiger charge is 2.03. The summed E-state index contributed by atoms with van der Waals surface area (Å²) in [5.41, 5.74) is 0.870. The van der Waals surface area contributed by atoms with Crippen LogP contribution in [0.1, 0.15) is 12.0 Å². The van der Waals surface area contributed by atoms with Crippen LogP contribution in [0.4, 0.5) is 0 Å². The van der Waals surface area contributed by atoms with Crippen molar-refractivity contribution in [1.82, 2.24) is 5.32 Å². The summed E-state index contributed by atoms with van der Waals surface area (Å²) in [5.74, 6) is -0.820. The molecule has 0 radical (unpaired) electrons. The zero-order chi connectivity index (χ0) is 11.3. The molecule has 6 heteroatoms. The van der Waals surface area contributed by atoms with Gasteiger partial charge in [-0.2, -0.15) is 0 Å². The van der Waals surface area contributed by atoms with Crippen molar-refractivity contribution in [3.63, 3.8) is 0 Å². The van der Waals surface area contributed by atoms with Crippen LogP contribution in [0.15, 0.2) is 18.2 Å². The van der Waals surface area contributed by atoms with Crippen molar-refractivity contribution in [2.75, 3.05) is 6.54 Å². The molecule has 0 bridgehead atoms.